The minimum absolute atomic E-state index is 0.266. The molecule has 0 saturated carbocycles. The topological polar surface area (TPSA) is 69.7 Å². The number of halogens is 1. The minimum atomic E-state index is -3.58. The molecule has 0 bridgehead atoms. The van der Waals surface area contributed by atoms with E-state index in [1.807, 2.05) is 24.3 Å². The average molecular weight is 468 g/mol. The SMILES string of the molecule is CCN(CC)c1ccc(CNC(=O)CN(c2ccc(Br)cc2)S(C)(=O)=O)cc1. The van der Waals surface area contributed by atoms with Gasteiger partial charge >= 0.3 is 0 Å². The standard InChI is InChI=1S/C20H26BrN3O3S/c1-4-23(5-2)18-10-6-16(7-11-18)14-22-20(25)15-24(28(3,26)27)19-12-8-17(21)9-13-19/h6-13H,4-5,14-15H2,1-3H3,(H,22,25). The molecule has 0 aromatic heterocycles. The van der Waals surface area contributed by atoms with Crippen LogP contribution in [0.3, 0.4) is 0 Å². The van der Waals surface area contributed by atoms with Gasteiger partial charge in [0.1, 0.15) is 6.54 Å². The Morgan fingerprint density at radius 2 is 1.50 bits per heavy atom. The number of nitrogens with zero attached hydrogens (tertiary/aromatic N) is 2. The molecule has 0 spiro atoms. The number of nitrogens with one attached hydrogen (secondary N) is 1. The molecule has 2 rings (SSSR count). The third kappa shape index (κ3) is 6.24. The van der Waals surface area contributed by atoms with Crippen LogP contribution in [-0.4, -0.2) is 40.2 Å². The van der Waals surface area contributed by atoms with E-state index in [1.54, 1.807) is 24.3 Å². The van der Waals surface area contributed by atoms with Crippen LogP contribution >= 0.6 is 15.9 Å². The lowest BCUT2D eigenvalue weighted by atomic mass is 10.2. The number of anilines is 2. The lowest BCUT2D eigenvalue weighted by Crippen LogP contribution is -2.40. The second-order valence-electron chi connectivity index (χ2n) is 6.36. The molecular formula is C20H26BrN3O3S. The highest BCUT2D eigenvalue weighted by Crippen LogP contribution is 2.20. The monoisotopic (exact) mass is 467 g/mol. The first-order chi connectivity index (χ1) is 13.2. The molecule has 152 valence electrons. The van der Waals surface area contributed by atoms with Gasteiger partial charge < -0.3 is 10.2 Å². The zero-order valence-electron chi connectivity index (χ0n) is 16.4. The van der Waals surface area contributed by atoms with E-state index in [4.69, 9.17) is 0 Å². The molecule has 0 aliphatic carbocycles. The Morgan fingerprint density at radius 3 is 2.00 bits per heavy atom. The fourth-order valence-corrected chi connectivity index (χ4v) is 3.93. The van der Waals surface area contributed by atoms with Gasteiger partial charge in [-0.05, 0) is 55.8 Å². The van der Waals surface area contributed by atoms with Gasteiger partial charge in [-0.15, -0.1) is 0 Å². The number of hydrogen-bond acceptors (Lipinski definition) is 4. The van der Waals surface area contributed by atoms with Gasteiger partial charge in [-0.1, -0.05) is 28.1 Å². The molecule has 0 atom stereocenters. The maximum atomic E-state index is 12.3. The number of carbonyl (C=O) groups is 1. The van der Waals surface area contributed by atoms with Crippen molar-refractivity contribution in [2.45, 2.75) is 20.4 Å². The molecule has 28 heavy (non-hydrogen) atoms. The molecule has 0 heterocycles. The smallest absolute Gasteiger partial charge is 0.241 e. The molecule has 1 amide bonds. The first-order valence-corrected chi connectivity index (χ1v) is 11.7. The number of benzene rings is 2. The van der Waals surface area contributed by atoms with Crippen molar-refractivity contribution < 1.29 is 13.2 Å². The summed E-state index contributed by atoms with van der Waals surface area (Å²) in [6, 6.07) is 14.8. The van der Waals surface area contributed by atoms with E-state index in [-0.39, 0.29) is 12.5 Å². The number of sulfonamides is 1. The summed E-state index contributed by atoms with van der Waals surface area (Å²) in [4.78, 5) is 14.6. The van der Waals surface area contributed by atoms with Crippen molar-refractivity contribution in [3.63, 3.8) is 0 Å². The predicted octanol–water partition coefficient (Wildman–Crippen LogP) is 3.38. The zero-order chi connectivity index (χ0) is 20.7. The van der Waals surface area contributed by atoms with E-state index in [1.165, 1.54) is 0 Å². The van der Waals surface area contributed by atoms with Crippen molar-refractivity contribution in [1.29, 1.82) is 0 Å². The zero-order valence-corrected chi connectivity index (χ0v) is 18.8. The third-order valence-corrected chi connectivity index (χ3v) is 6.03. The lowest BCUT2D eigenvalue weighted by Gasteiger charge is -2.22. The highest BCUT2D eigenvalue weighted by molar-refractivity contribution is 9.10. The highest BCUT2D eigenvalue weighted by Gasteiger charge is 2.20. The van der Waals surface area contributed by atoms with Gasteiger partial charge in [-0.2, -0.15) is 0 Å². The van der Waals surface area contributed by atoms with Crippen LogP contribution < -0.4 is 14.5 Å². The van der Waals surface area contributed by atoms with Gasteiger partial charge in [-0.25, -0.2) is 8.42 Å². The van der Waals surface area contributed by atoms with Gasteiger partial charge in [0.15, 0.2) is 0 Å². The van der Waals surface area contributed by atoms with E-state index in [0.717, 1.165) is 39.4 Å². The lowest BCUT2D eigenvalue weighted by molar-refractivity contribution is -0.119. The fraction of sp³-hybridized carbons (Fsp3) is 0.350. The molecule has 2 aromatic rings. The van der Waals surface area contributed by atoms with Crippen molar-refractivity contribution in [3.05, 3.63) is 58.6 Å². The van der Waals surface area contributed by atoms with Crippen LogP contribution in [0.25, 0.3) is 0 Å². The number of hydrogen-bond donors (Lipinski definition) is 1. The van der Waals surface area contributed by atoms with Gasteiger partial charge in [0.2, 0.25) is 15.9 Å². The molecule has 0 aliphatic rings. The van der Waals surface area contributed by atoms with Crippen molar-refractivity contribution in [2.24, 2.45) is 0 Å². The van der Waals surface area contributed by atoms with E-state index in [9.17, 15) is 13.2 Å². The fourth-order valence-electron chi connectivity index (χ4n) is 2.81. The summed E-state index contributed by atoms with van der Waals surface area (Å²) in [6.45, 7) is 6.16. The van der Waals surface area contributed by atoms with Gasteiger partial charge in [0.05, 0.1) is 11.9 Å². The van der Waals surface area contributed by atoms with Gasteiger partial charge in [0.25, 0.3) is 0 Å². The van der Waals surface area contributed by atoms with E-state index >= 15 is 0 Å². The largest absolute Gasteiger partial charge is 0.372 e. The average Bonchev–Trinajstić information content (AvgIpc) is 2.66. The van der Waals surface area contributed by atoms with Crippen LogP contribution in [0, 0.1) is 0 Å². The Bertz CT molecular complexity index is 880. The third-order valence-electron chi connectivity index (χ3n) is 4.36. The maximum Gasteiger partial charge on any atom is 0.241 e. The molecule has 0 saturated heterocycles. The van der Waals surface area contributed by atoms with Crippen LogP contribution in [-0.2, 0) is 21.4 Å². The summed E-state index contributed by atoms with van der Waals surface area (Å²) in [5.74, 6) is -0.360. The quantitative estimate of drug-likeness (QED) is 0.613. The first-order valence-electron chi connectivity index (χ1n) is 9.08. The first kappa shape index (κ1) is 22.2. The Hall–Kier alpha value is -2.06. The second kappa shape index (κ2) is 9.93. The molecule has 2 aromatic carbocycles. The normalized spacial score (nSPS) is 11.1. The van der Waals surface area contributed by atoms with Crippen molar-refractivity contribution in [2.75, 3.05) is 35.1 Å². The molecule has 0 aliphatic heterocycles. The molecule has 1 N–H and O–H groups in total. The summed E-state index contributed by atoms with van der Waals surface area (Å²) >= 11 is 3.32. The van der Waals surface area contributed by atoms with Gasteiger partial charge in [0, 0.05) is 29.8 Å². The van der Waals surface area contributed by atoms with E-state index < -0.39 is 10.0 Å². The van der Waals surface area contributed by atoms with Crippen molar-refractivity contribution in [1.82, 2.24) is 5.32 Å². The molecule has 0 radical (unpaired) electrons. The van der Waals surface area contributed by atoms with Crippen LogP contribution in [0.2, 0.25) is 0 Å². The number of amides is 1. The summed E-state index contributed by atoms with van der Waals surface area (Å²) in [5.41, 5.74) is 2.54. The van der Waals surface area contributed by atoms with Gasteiger partial charge in [-0.3, -0.25) is 9.10 Å². The Balaban J connectivity index is 2.00. The molecule has 0 fully saturated rings. The molecule has 0 unspecified atom stereocenters. The summed E-state index contributed by atoms with van der Waals surface area (Å²) in [5, 5.41) is 2.79. The Labute approximate surface area is 175 Å². The minimum Gasteiger partial charge on any atom is -0.372 e. The van der Waals surface area contributed by atoms with Crippen molar-refractivity contribution >= 4 is 43.2 Å². The van der Waals surface area contributed by atoms with Crippen LogP contribution in [0.4, 0.5) is 11.4 Å². The highest BCUT2D eigenvalue weighted by atomic mass is 79.9. The van der Waals surface area contributed by atoms with E-state index in [2.05, 4.69) is 40.0 Å². The second-order valence-corrected chi connectivity index (χ2v) is 9.18. The van der Waals surface area contributed by atoms with E-state index in [0.29, 0.717) is 12.2 Å². The summed E-state index contributed by atoms with van der Waals surface area (Å²) in [7, 11) is -3.58. The van der Waals surface area contributed by atoms with Crippen LogP contribution in [0.15, 0.2) is 53.0 Å². The maximum absolute atomic E-state index is 12.3. The Morgan fingerprint density at radius 1 is 0.964 bits per heavy atom. The summed E-state index contributed by atoms with van der Waals surface area (Å²) < 4.78 is 26.2. The van der Waals surface area contributed by atoms with Crippen molar-refractivity contribution in [3.8, 4) is 0 Å². The van der Waals surface area contributed by atoms with Crippen LogP contribution in [0.5, 0.6) is 0 Å². The molecule has 6 nitrogen and oxygen atoms in total. The number of rotatable bonds is 9. The Kier molecular flexibility index (Phi) is 7.88. The molecule has 8 heteroatoms. The van der Waals surface area contributed by atoms with Crippen LogP contribution in [0.1, 0.15) is 19.4 Å². The predicted molar refractivity (Wildman–Crippen MR) is 118 cm³/mol. The molecular weight excluding hydrogens is 442 g/mol. The number of carbonyl (C=O) groups excluding carboxylic acids is 1. The summed E-state index contributed by atoms with van der Waals surface area (Å²) in [6.07, 6.45) is 1.09.